The molecule has 0 spiro atoms. The summed E-state index contributed by atoms with van der Waals surface area (Å²) in [5.41, 5.74) is -0.852. The van der Waals surface area contributed by atoms with Gasteiger partial charge >= 0.3 is 5.97 Å². The molecular formula is C14H20N2O5. The number of carbonyl (C=O) groups excluding carboxylic acids is 3. The SMILES string of the molecule is CCC1(C(=O)O)CCN(C(=O)CCN2C(=O)CCC2=O)C1. The number of aliphatic carboxylic acids is 1. The maximum Gasteiger partial charge on any atom is 0.311 e. The third-order valence-electron chi connectivity index (χ3n) is 4.54. The Labute approximate surface area is 122 Å². The zero-order chi connectivity index (χ0) is 15.6. The Morgan fingerprint density at radius 1 is 1.24 bits per heavy atom. The number of carbonyl (C=O) groups is 4. The van der Waals surface area contributed by atoms with Gasteiger partial charge in [0.1, 0.15) is 0 Å². The highest BCUT2D eigenvalue weighted by molar-refractivity contribution is 6.02. The van der Waals surface area contributed by atoms with E-state index in [1.807, 2.05) is 6.92 Å². The summed E-state index contributed by atoms with van der Waals surface area (Å²) in [5, 5.41) is 9.30. The summed E-state index contributed by atoms with van der Waals surface area (Å²) in [6.45, 7) is 2.53. The quantitative estimate of drug-likeness (QED) is 0.733. The van der Waals surface area contributed by atoms with Crippen LogP contribution in [0.1, 0.15) is 39.0 Å². The zero-order valence-corrected chi connectivity index (χ0v) is 12.1. The van der Waals surface area contributed by atoms with E-state index in [4.69, 9.17) is 0 Å². The molecule has 1 unspecified atom stereocenters. The number of imide groups is 1. The van der Waals surface area contributed by atoms with Gasteiger partial charge in [0, 0.05) is 38.9 Å². The van der Waals surface area contributed by atoms with Gasteiger partial charge in [0.2, 0.25) is 17.7 Å². The van der Waals surface area contributed by atoms with E-state index >= 15 is 0 Å². The van der Waals surface area contributed by atoms with Crippen molar-refractivity contribution >= 4 is 23.7 Å². The second-order valence-corrected chi connectivity index (χ2v) is 5.69. The molecule has 1 atom stereocenters. The highest BCUT2D eigenvalue weighted by atomic mass is 16.4. The molecule has 2 fully saturated rings. The van der Waals surface area contributed by atoms with Crippen molar-refractivity contribution in [2.24, 2.45) is 5.41 Å². The number of hydrogen-bond donors (Lipinski definition) is 1. The summed E-state index contributed by atoms with van der Waals surface area (Å²) < 4.78 is 0. The minimum absolute atomic E-state index is 0.0664. The average molecular weight is 296 g/mol. The summed E-state index contributed by atoms with van der Waals surface area (Å²) in [5.74, 6) is -1.53. The molecule has 0 aromatic carbocycles. The molecule has 2 aliphatic rings. The molecule has 2 aliphatic heterocycles. The zero-order valence-electron chi connectivity index (χ0n) is 12.1. The van der Waals surface area contributed by atoms with Crippen molar-refractivity contribution in [1.29, 1.82) is 0 Å². The van der Waals surface area contributed by atoms with Gasteiger partial charge in [0.15, 0.2) is 0 Å². The smallest absolute Gasteiger partial charge is 0.311 e. The van der Waals surface area contributed by atoms with Crippen LogP contribution in [0.3, 0.4) is 0 Å². The van der Waals surface area contributed by atoms with Crippen LogP contribution >= 0.6 is 0 Å². The van der Waals surface area contributed by atoms with Gasteiger partial charge in [-0.2, -0.15) is 0 Å². The minimum Gasteiger partial charge on any atom is -0.481 e. The Kier molecular flexibility index (Phi) is 4.29. The number of carboxylic acid groups (broad SMARTS) is 1. The first-order valence-electron chi connectivity index (χ1n) is 7.24. The van der Waals surface area contributed by atoms with E-state index in [1.165, 1.54) is 4.90 Å². The molecule has 0 aromatic rings. The van der Waals surface area contributed by atoms with Crippen molar-refractivity contribution in [1.82, 2.24) is 9.80 Å². The fraction of sp³-hybridized carbons (Fsp3) is 0.714. The normalized spacial score (nSPS) is 25.8. The summed E-state index contributed by atoms with van der Waals surface area (Å²) in [6, 6.07) is 0. The Balaban J connectivity index is 1.89. The Morgan fingerprint density at radius 3 is 2.33 bits per heavy atom. The first-order chi connectivity index (χ1) is 9.89. The molecule has 7 heteroatoms. The maximum atomic E-state index is 12.1. The van der Waals surface area contributed by atoms with E-state index in [-0.39, 0.29) is 50.1 Å². The van der Waals surface area contributed by atoms with E-state index in [9.17, 15) is 24.3 Å². The fourth-order valence-electron chi connectivity index (χ4n) is 2.94. The van der Waals surface area contributed by atoms with Gasteiger partial charge in [0.25, 0.3) is 0 Å². The standard InChI is InChI=1S/C14H20N2O5/c1-2-14(13(20)21)6-8-15(9-14)10(17)5-7-16-11(18)3-4-12(16)19/h2-9H2,1H3,(H,20,21). The first-order valence-corrected chi connectivity index (χ1v) is 7.24. The van der Waals surface area contributed by atoms with Crippen LogP contribution in [0.5, 0.6) is 0 Å². The van der Waals surface area contributed by atoms with Crippen molar-refractivity contribution in [3.63, 3.8) is 0 Å². The van der Waals surface area contributed by atoms with Crippen LogP contribution in [0.2, 0.25) is 0 Å². The van der Waals surface area contributed by atoms with Crippen molar-refractivity contribution in [3.8, 4) is 0 Å². The van der Waals surface area contributed by atoms with Crippen LogP contribution < -0.4 is 0 Å². The predicted octanol–water partition coefficient (Wildman–Crippen LogP) is 0.239. The van der Waals surface area contributed by atoms with Crippen molar-refractivity contribution < 1.29 is 24.3 Å². The van der Waals surface area contributed by atoms with E-state index in [0.717, 1.165) is 4.90 Å². The van der Waals surface area contributed by atoms with Gasteiger partial charge in [-0.05, 0) is 12.8 Å². The number of likely N-dealkylation sites (tertiary alicyclic amines) is 2. The molecule has 21 heavy (non-hydrogen) atoms. The molecule has 0 radical (unpaired) electrons. The van der Waals surface area contributed by atoms with Crippen molar-refractivity contribution in [2.45, 2.75) is 39.0 Å². The van der Waals surface area contributed by atoms with Gasteiger partial charge in [-0.15, -0.1) is 0 Å². The van der Waals surface area contributed by atoms with Crippen molar-refractivity contribution in [2.75, 3.05) is 19.6 Å². The number of hydrogen-bond acceptors (Lipinski definition) is 4. The Bertz CT molecular complexity index is 474. The molecule has 116 valence electrons. The molecule has 1 N–H and O–H groups in total. The molecule has 2 heterocycles. The average Bonchev–Trinajstić information content (AvgIpc) is 3.02. The van der Waals surface area contributed by atoms with Gasteiger partial charge < -0.3 is 10.0 Å². The molecule has 3 amide bonds. The maximum absolute atomic E-state index is 12.1. The van der Waals surface area contributed by atoms with E-state index in [1.54, 1.807) is 0 Å². The van der Waals surface area contributed by atoms with Crippen LogP contribution in [0.15, 0.2) is 0 Å². The first kappa shape index (κ1) is 15.5. The number of amides is 3. The highest BCUT2D eigenvalue weighted by Crippen LogP contribution is 2.34. The molecule has 7 nitrogen and oxygen atoms in total. The molecule has 0 bridgehead atoms. The van der Waals surface area contributed by atoms with Gasteiger partial charge in [-0.3, -0.25) is 24.1 Å². The third-order valence-corrected chi connectivity index (χ3v) is 4.54. The Hall–Kier alpha value is -1.92. The second-order valence-electron chi connectivity index (χ2n) is 5.69. The van der Waals surface area contributed by atoms with Gasteiger partial charge in [-0.25, -0.2) is 0 Å². The lowest BCUT2D eigenvalue weighted by Crippen LogP contribution is -2.38. The van der Waals surface area contributed by atoms with Crippen LogP contribution in [-0.2, 0) is 19.2 Å². The van der Waals surface area contributed by atoms with Gasteiger partial charge in [0.05, 0.1) is 5.41 Å². The highest BCUT2D eigenvalue weighted by Gasteiger charge is 2.44. The van der Waals surface area contributed by atoms with Crippen LogP contribution in [-0.4, -0.2) is 58.2 Å². The molecule has 2 saturated heterocycles. The van der Waals surface area contributed by atoms with Crippen LogP contribution in [0.4, 0.5) is 0 Å². The number of nitrogens with zero attached hydrogens (tertiary/aromatic N) is 2. The minimum atomic E-state index is -0.870. The third kappa shape index (κ3) is 2.91. The second kappa shape index (κ2) is 5.83. The van der Waals surface area contributed by atoms with Crippen LogP contribution in [0.25, 0.3) is 0 Å². The molecule has 2 rings (SSSR count). The summed E-state index contributed by atoms with van der Waals surface area (Å²) in [7, 11) is 0. The van der Waals surface area contributed by atoms with Crippen LogP contribution in [0, 0.1) is 5.41 Å². The van der Waals surface area contributed by atoms with E-state index < -0.39 is 11.4 Å². The van der Waals surface area contributed by atoms with Crippen molar-refractivity contribution in [3.05, 3.63) is 0 Å². The number of rotatable bonds is 5. The van der Waals surface area contributed by atoms with E-state index in [0.29, 0.717) is 19.4 Å². The summed E-state index contributed by atoms with van der Waals surface area (Å²) in [6.07, 6.45) is 1.43. The molecule has 0 saturated carbocycles. The fourth-order valence-corrected chi connectivity index (χ4v) is 2.94. The lowest BCUT2D eigenvalue weighted by Gasteiger charge is -2.23. The molecular weight excluding hydrogens is 276 g/mol. The van der Waals surface area contributed by atoms with Gasteiger partial charge in [-0.1, -0.05) is 6.92 Å². The molecule has 0 aliphatic carbocycles. The summed E-state index contributed by atoms with van der Waals surface area (Å²) in [4.78, 5) is 49.0. The summed E-state index contributed by atoms with van der Waals surface area (Å²) >= 11 is 0. The topological polar surface area (TPSA) is 95.0 Å². The monoisotopic (exact) mass is 296 g/mol. The Morgan fingerprint density at radius 2 is 1.86 bits per heavy atom. The largest absolute Gasteiger partial charge is 0.481 e. The predicted molar refractivity (Wildman–Crippen MR) is 72.1 cm³/mol. The molecule has 0 aromatic heterocycles. The van der Waals surface area contributed by atoms with E-state index in [2.05, 4.69) is 0 Å². The lowest BCUT2D eigenvalue weighted by molar-refractivity contribution is -0.148. The lowest BCUT2D eigenvalue weighted by atomic mass is 9.84. The number of carboxylic acids is 1.